The summed E-state index contributed by atoms with van der Waals surface area (Å²) in [7, 11) is 0. The van der Waals surface area contributed by atoms with E-state index in [9.17, 15) is 27.6 Å². The standard InChI is InChI=1S/C22H23F3N4O4/c1-3-14(2)27-20(31)21(32)29-26-12-15-8-4-7-11-18(15)33-13-19(30)28-17-10-6-5-9-16(17)22(23,24)25/h4-12,14H,3,13H2,1-2H3,(H,27,31)(H,28,30)(H,29,32)/b26-12-/t14-/m1/s1. The van der Waals surface area contributed by atoms with Gasteiger partial charge in [-0.1, -0.05) is 31.2 Å². The molecule has 8 nitrogen and oxygen atoms in total. The fourth-order valence-corrected chi connectivity index (χ4v) is 2.49. The van der Waals surface area contributed by atoms with Gasteiger partial charge in [-0.2, -0.15) is 18.3 Å². The molecule has 0 bridgehead atoms. The van der Waals surface area contributed by atoms with Gasteiger partial charge in [0, 0.05) is 11.6 Å². The molecule has 2 aromatic carbocycles. The highest BCUT2D eigenvalue weighted by atomic mass is 19.4. The third kappa shape index (κ3) is 7.95. The normalized spacial score (nSPS) is 12.2. The minimum Gasteiger partial charge on any atom is -0.483 e. The zero-order valence-corrected chi connectivity index (χ0v) is 17.9. The Morgan fingerprint density at radius 3 is 2.42 bits per heavy atom. The topological polar surface area (TPSA) is 109 Å². The van der Waals surface area contributed by atoms with Crippen molar-refractivity contribution in [2.24, 2.45) is 5.10 Å². The van der Waals surface area contributed by atoms with Crippen LogP contribution in [0.2, 0.25) is 0 Å². The van der Waals surface area contributed by atoms with E-state index in [-0.39, 0.29) is 17.5 Å². The Morgan fingerprint density at radius 1 is 1.06 bits per heavy atom. The summed E-state index contributed by atoms with van der Waals surface area (Å²) in [6.07, 6.45) is -2.76. The van der Waals surface area contributed by atoms with Crippen LogP contribution in [0.3, 0.4) is 0 Å². The zero-order valence-electron chi connectivity index (χ0n) is 17.9. The number of hydrazone groups is 1. The third-order valence-electron chi connectivity index (χ3n) is 4.35. The minimum absolute atomic E-state index is 0.171. The molecule has 0 radical (unpaired) electrons. The number of halogens is 3. The van der Waals surface area contributed by atoms with E-state index < -0.39 is 36.1 Å². The summed E-state index contributed by atoms with van der Waals surface area (Å²) in [5.41, 5.74) is 1.09. The number of amides is 3. The van der Waals surface area contributed by atoms with Crippen LogP contribution in [0.15, 0.2) is 53.6 Å². The second-order valence-corrected chi connectivity index (χ2v) is 6.90. The number of hydrogen-bond acceptors (Lipinski definition) is 5. The number of carbonyl (C=O) groups is 3. The van der Waals surface area contributed by atoms with Crippen LogP contribution in [0, 0.1) is 0 Å². The Bertz CT molecular complexity index is 1020. The summed E-state index contributed by atoms with van der Waals surface area (Å²) < 4.78 is 44.6. The molecule has 2 rings (SSSR count). The molecule has 0 saturated heterocycles. The number of benzene rings is 2. The summed E-state index contributed by atoms with van der Waals surface area (Å²) in [6.45, 7) is 3.04. The van der Waals surface area contributed by atoms with Gasteiger partial charge in [0.15, 0.2) is 6.61 Å². The molecular weight excluding hydrogens is 441 g/mol. The van der Waals surface area contributed by atoms with Crippen LogP contribution in [0.5, 0.6) is 5.75 Å². The third-order valence-corrected chi connectivity index (χ3v) is 4.35. The molecule has 0 aliphatic rings. The van der Waals surface area contributed by atoms with E-state index in [2.05, 4.69) is 21.2 Å². The molecular formula is C22H23F3N4O4. The average molecular weight is 464 g/mol. The molecule has 0 aromatic heterocycles. The van der Waals surface area contributed by atoms with E-state index in [0.717, 1.165) is 12.1 Å². The Morgan fingerprint density at radius 2 is 1.73 bits per heavy atom. The molecule has 11 heteroatoms. The Labute approximate surface area is 188 Å². The first kappa shape index (κ1) is 25.4. The highest BCUT2D eigenvalue weighted by Crippen LogP contribution is 2.34. The molecule has 0 aliphatic carbocycles. The number of anilines is 1. The van der Waals surface area contributed by atoms with Crippen molar-refractivity contribution in [2.45, 2.75) is 32.5 Å². The SMILES string of the molecule is CC[C@@H](C)NC(=O)C(=O)N/N=C\c1ccccc1OCC(=O)Nc1ccccc1C(F)(F)F. The van der Waals surface area contributed by atoms with Crippen molar-refractivity contribution >= 4 is 29.6 Å². The maximum absolute atomic E-state index is 13.1. The first-order valence-corrected chi connectivity index (χ1v) is 9.93. The molecule has 1 atom stereocenters. The lowest BCUT2D eigenvalue weighted by molar-refractivity contribution is -0.139. The zero-order chi connectivity index (χ0) is 24.4. The molecule has 3 amide bonds. The van der Waals surface area contributed by atoms with Crippen molar-refractivity contribution < 1.29 is 32.3 Å². The Kier molecular flexibility index (Phi) is 8.96. The lowest BCUT2D eigenvalue weighted by Crippen LogP contribution is -2.41. The van der Waals surface area contributed by atoms with Crippen LogP contribution in [0.4, 0.5) is 18.9 Å². The molecule has 0 unspecified atom stereocenters. The second kappa shape index (κ2) is 11.7. The van der Waals surface area contributed by atoms with Gasteiger partial charge in [0.2, 0.25) is 0 Å². The summed E-state index contributed by atoms with van der Waals surface area (Å²) in [5.74, 6) is -2.39. The highest BCUT2D eigenvalue weighted by Gasteiger charge is 2.33. The molecule has 3 N–H and O–H groups in total. The monoisotopic (exact) mass is 464 g/mol. The fourth-order valence-electron chi connectivity index (χ4n) is 2.49. The molecule has 0 aliphatic heterocycles. The number of para-hydroxylation sites is 2. The van der Waals surface area contributed by atoms with Crippen molar-refractivity contribution in [1.82, 2.24) is 10.7 Å². The van der Waals surface area contributed by atoms with Crippen molar-refractivity contribution in [3.05, 3.63) is 59.7 Å². The fraction of sp³-hybridized carbons (Fsp3) is 0.273. The van der Waals surface area contributed by atoms with E-state index in [0.29, 0.717) is 12.0 Å². The largest absolute Gasteiger partial charge is 0.483 e. The maximum atomic E-state index is 13.1. The van der Waals surface area contributed by atoms with E-state index in [4.69, 9.17) is 4.74 Å². The second-order valence-electron chi connectivity index (χ2n) is 6.90. The van der Waals surface area contributed by atoms with Crippen molar-refractivity contribution in [3.63, 3.8) is 0 Å². The molecule has 176 valence electrons. The maximum Gasteiger partial charge on any atom is 0.418 e. The van der Waals surface area contributed by atoms with Crippen LogP contribution >= 0.6 is 0 Å². The van der Waals surface area contributed by atoms with Gasteiger partial charge < -0.3 is 15.4 Å². The summed E-state index contributed by atoms with van der Waals surface area (Å²) in [4.78, 5) is 35.6. The molecule has 0 saturated carbocycles. The van der Waals surface area contributed by atoms with Crippen molar-refractivity contribution in [2.75, 3.05) is 11.9 Å². The lowest BCUT2D eigenvalue weighted by Gasteiger charge is -2.14. The Hall–Kier alpha value is -3.89. The first-order chi connectivity index (χ1) is 15.6. The van der Waals surface area contributed by atoms with Gasteiger partial charge in [0.25, 0.3) is 5.91 Å². The summed E-state index contributed by atoms with van der Waals surface area (Å²) in [6, 6.07) is 10.8. The molecule has 2 aromatic rings. The van der Waals surface area contributed by atoms with Crippen molar-refractivity contribution in [1.29, 1.82) is 0 Å². The predicted molar refractivity (Wildman–Crippen MR) is 116 cm³/mol. The van der Waals surface area contributed by atoms with Crippen LogP contribution < -0.4 is 20.8 Å². The van der Waals surface area contributed by atoms with Gasteiger partial charge >= 0.3 is 18.0 Å². The number of nitrogens with zero attached hydrogens (tertiary/aromatic N) is 1. The van der Waals surface area contributed by atoms with Crippen LogP contribution in [-0.4, -0.2) is 36.6 Å². The van der Waals surface area contributed by atoms with Gasteiger partial charge in [0.05, 0.1) is 17.5 Å². The van der Waals surface area contributed by atoms with Crippen LogP contribution in [0.25, 0.3) is 0 Å². The number of rotatable bonds is 8. The predicted octanol–water partition coefficient (Wildman–Crippen LogP) is 3.09. The number of nitrogens with one attached hydrogen (secondary N) is 3. The van der Waals surface area contributed by atoms with E-state index in [1.54, 1.807) is 25.1 Å². The summed E-state index contributed by atoms with van der Waals surface area (Å²) >= 11 is 0. The highest BCUT2D eigenvalue weighted by molar-refractivity contribution is 6.35. The van der Waals surface area contributed by atoms with Gasteiger partial charge in [-0.15, -0.1) is 0 Å². The number of alkyl halides is 3. The average Bonchev–Trinajstić information content (AvgIpc) is 2.77. The number of hydrogen-bond donors (Lipinski definition) is 3. The molecule has 0 spiro atoms. The van der Waals surface area contributed by atoms with E-state index in [1.165, 1.54) is 24.4 Å². The lowest BCUT2D eigenvalue weighted by atomic mass is 10.1. The van der Waals surface area contributed by atoms with E-state index in [1.807, 2.05) is 6.92 Å². The molecule has 33 heavy (non-hydrogen) atoms. The molecule has 0 heterocycles. The summed E-state index contributed by atoms with van der Waals surface area (Å²) in [5, 5.41) is 8.37. The quantitative estimate of drug-likeness (QED) is 0.317. The number of carbonyl (C=O) groups excluding carboxylic acids is 3. The van der Waals surface area contributed by atoms with Gasteiger partial charge in [-0.3, -0.25) is 14.4 Å². The van der Waals surface area contributed by atoms with Crippen molar-refractivity contribution in [3.8, 4) is 5.75 Å². The number of ether oxygens (including phenoxy) is 1. The first-order valence-electron chi connectivity index (χ1n) is 9.93. The molecule has 0 fully saturated rings. The smallest absolute Gasteiger partial charge is 0.418 e. The van der Waals surface area contributed by atoms with E-state index >= 15 is 0 Å². The van der Waals surface area contributed by atoms with Gasteiger partial charge in [-0.05, 0) is 37.6 Å². The van der Waals surface area contributed by atoms with Crippen LogP contribution in [-0.2, 0) is 20.6 Å². The van der Waals surface area contributed by atoms with Gasteiger partial charge in [0.1, 0.15) is 5.75 Å². The Balaban J connectivity index is 1.97. The minimum atomic E-state index is -4.62. The van der Waals surface area contributed by atoms with Crippen LogP contribution in [0.1, 0.15) is 31.4 Å². The van der Waals surface area contributed by atoms with Gasteiger partial charge in [-0.25, -0.2) is 5.43 Å².